The van der Waals surface area contributed by atoms with Crippen molar-refractivity contribution >= 4 is 23.4 Å². The molecule has 34 heavy (non-hydrogen) atoms. The summed E-state index contributed by atoms with van der Waals surface area (Å²) in [6.07, 6.45) is 1.15. The van der Waals surface area contributed by atoms with Crippen LogP contribution in [-0.4, -0.2) is 35.2 Å². The Morgan fingerprint density at radius 3 is 2.15 bits per heavy atom. The fourth-order valence-corrected chi connectivity index (χ4v) is 5.97. The highest BCUT2D eigenvalue weighted by Crippen LogP contribution is 2.53. The van der Waals surface area contributed by atoms with Gasteiger partial charge in [-0.1, -0.05) is 78.9 Å². The van der Waals surface area contributed by atoms with E-state index in [-0.39, 0.29) is 23.8 Å². The summed E-state index contributed by atoms with van der Waals surface area (Å²) in [6, 6.07) is 26.9. The van der Waals surface area contributed by atoms with Crippen molar-refractivity contribution < 1.29 is 14.4 Å². The quantitative estimate of drug-likeness (QED) is 0.585. The lowest BCUT2D eigenvalue weighted by molar-refractivity contribution is -0.142. The van der Waals surface area contributed by atoms with Crippen LogP contribution in [0, 0.1) is 11.8 Å². The molecule has 3 amide bonds. The molecule has 3 aromatic rings. The number of nitrogens with one attached hydrogen (secondary N) is 2. The van der Waals surface area contributed by atoms with Gasteiger partial charge < -0.3 is 5.32 Å². The van der Waals surface area contributed by atoms with Gasteiger partial charge >= 0.3 is 0 Å². The molecule has 0 radical (unpaired) electrons. The highest BCUT2D eigenvalue weighted by Gasteiger charge is 2.70. The number of hydrogen-bond donors (Lipinski definition) is 2. The van der Waals surface area contributed by atoms with Crippen LogP contribution in [0.1, 0.15) is 16.7 Å². The zero-order valence-electron chi connectivity index (χ0n) is 18.6. The van der Waals surface area contributed by atoms with Crippen LogP contribution in [0.2, 0.25) is 0 Å². The van der Waals surface area contributed by atoms with E-state index in [4.69, 9.17) is 0 Å². The Bertz CT molecular complexity index is 1280. The fraction of sp³-hybridized carbons (Fsp3) is 0.250. The van der Waals surface area contributed by atoms with Gasteiger partial charge in [-0.05, 0) is 30.0 Å². The number of para-hydroxylation sites is 1. The summed E-state index contributed by atoms with van der Waals surface area (Å²) in [7, 11) is 0. The molecule has 2 fully saturated rings. The first-order valence-corrected chi connectivity index (χ1v) is 11.7. The molecule has 0 aliphatic carbocycles. The minimum atomic E-state index is -1.24. The Labute approximate surface area is 198 Å². The first-order chi connectivity index (χ1) is 16.6. The third-order valence-electron chi connectivity index (χ3n) is 7.48. The number of carbonyl (C=O) groups excluding carboxylic acids is 3. The van der Waals surface area contributed by atoms with Gasteiger partial charge in [0.1, 0.15) is 5.54 Å². The summed E-state index contributed by atoms with van der Waals surface area (Å²) in [5.74, 6) is -2.08. The Kier molecular flexibility index (Phi) is 4.85. The third-order valence-corrected chi connectivity index (χ3v) is 7.48. The molecule has 3 heterocycles. The van der Waals surface area contributed by atoms with Crippen LogP contribution < -0.4 is 10.6 Å². The molecule has 0 bridgehead atoms. The zero-order valence-corrected chi connectivity index (χ0v) is 18.6. The number of benzene rings is 3. The van der Waals surface area contributed by atoms with Crippen LogP contribution >= 0.6 is 0 Å². The van der Waals surface area contributed by atoms with Gasteiger partial charge in [0.25, 0.3) is 0 Å². The van der Waals surface area contributed by atoms with Gasteiger partial charge in [0.05, 0.1) is 11.8 Å². The van der Waals surface area contributed by atoms with Crippen molar-refractivity contribution in [3.05, 3.63) is 102 Å². The molecule has 0 unspecified atom stereocenters. The van der Waals surface area contributed by atoms with E-state index in [0.29, 0.717) is 25.1 Å². The van der Waals surface area contributed by atoms with Gasteiger partial charge in [-0.15, -0.1) is 0 Å². The van der Waals surface area contributed by atoms with E-state index < -0.39 is 17.4 Å². The molecule has 6 nitrogen and oxygen atoms in total. The Morgan fingerprint density at radius 2 is 1.41 bits per heavy atom. The summed E-state index contributed by atoms with van der Waals surface area (Å²) < 4.78 is 0. The number of likely N-dealkylation sites (tertiary alicyclic amines) is 1. The van der Waals surface area contributed by atoms with E-state index in [0.717, 1.165) is 16.7 Å². The maximum absolute atomic E-state index is 13.8. The summed E-state index contributed by atoms with van der Waals surface area (Å²) in [5, 5.41) is 6.45. The SMILES string of the molecule is O=C1[C@H]2[C@@H](C(=O)N1CCc1ccccc1)[C@@]1(N[C@@H]2Cc2ccccc2)C(=O)Nc2ccccc21. The lowest BCUT2D eigenvalue weighted by atomic mass is 9.76. The van der Waals surface area contributed by atoms with Crippen LogP contribution in [0.3, 0.4) is 0 Å². The lowest BCUT2D eigenvalue weighted by Crippen LogP contribution is -2.53. The average molecular weight is 452 g/mol. The van der Waals surface area contributed by atoms with E-state index in [9.17, 15) is 14.4 Å². The Hall–Kier alpha value is -3.77. The minimum Gasteiger partial charge on any atom is -0.324 e. The molecule has 6 rings (SSSR count). The number of nitrogens with zero attached hydrogens (tertiary/aromatic N) is 1. The van der Waals surface area contributed by atoms with Crippen molar-refractivity contribution in [3.63, 3.8) is 0 Å². The zero-order chi connectivity index (χ0) is 23.3. The van der Waals surface area contributed by atoms with Crippen molar-refractivity contribution in [3.8, 4) is 0 Å². The Morgan fingerprint density at radius 1 is 0.765 bits per heavy atom. The van der Waals surface area contributed by atoms with Crippen molar-refractivity contribution in [1.29, 1.82) is 0 Å². The number of fused-ring (bicyclic) bond motifs is 4. The molecule has 2 saturated heterocycles. The second-order valence-electron chi connectivity index (χ2n) is 9.32. The number of imide groups is 1. The predicted molar refractivity (Wildman–Crippen MR) is 128 cm³/mol. The van der Waals surface area contributed by atoms with Crippen molar-refractivity contribution in [2.24, 2.45) is 11.8 Å². The van der Waals surface area contributed by atoms with Crippen molar-refractivity contribution in [2.45, 2.75) is 24.4 Å². The highest BCUT2D eigenvalue weighted by atomic mass is 16.2. The molecule has 6 heteroatoms. The fourth-order valence-electron chi connectivity index (χ4n) is 5.97. The number of amides is 3. The van der Waals surface area contributed by atoms with E-state index in [1.807, 2.05) is 84.9 Å². The Balaban J connectivity index is 1.39. The smallest absolute Gasteiger partial charge is 0.250 e. The summed E-state index contributed by atoms with van der Waals surface area (Å²) in [5.41, 5.74) is 2.33. The molecular formula is C28H25N3O3. The van der Waals surface area contributed by atoms with Gasteiger partial charge in [-0.3, -0.25) is 24.6 Å². The molecule has 3 aliphatic rings. The van der Waals surface area contributed by atoms with Gasteiger partial charge in [-0.25, -0.2) is 0 Å². The van der Waals surface area contributed by atoms with E-state index >= 15 is 0 Å². The number of anilines is 1. The van der Waals surface area contributed by atoms with Crippen molar-refractivity contribution in [1.82, 2.24) is 10.2 Å². The minimum absolute atomic E-state index is 0.187. The van der Waals surface area contributed by atoms with Crippen LogP contribution in [0.5, 0.6) is 0 Å². The second kappa shape index (κ2) is 7.92. The van der Waals surface area contributed by atoms with Crippen molar-refractivity contribution in [2.75, 3.05) is 11.9 Å². The van der Waals surface area contributed by atoms with Crippen LogP contribution in [0.4, 0.5) is 5.69 Å². The lowest BCUT2D eigenvalue weighted by Gasteiger charge is -2.29. The van der Waals surface area contributed by atoms with Gasteiger partial charge in [0.15, 0.2) is 0 Å². The first kappa shape index (κ1) is 20.8. The van der Waals surface area contributed by atoms with Crippen LogP contribution in [0.15, 0.2) is 84.9 Å². The highest BCUT2D eigenvalue weighted by molar-refractivity contribution is 6.15. The predicted octanol–water partition coefficient (Wildman–Crippen LogP) is 2.89. The maximum atomic E-state index is 13.8. The first-order valence-electron chi connectivity index (χ1n) is 11.7. The third kappa shape index (κ3) is 3.02. The molecule has 1 spiro atoms. The number of rotatable bonds is 5. The van der Waals surface area contributed by atoms with Crippen LogP contribution in [-0.2, 0) is 32.8 Å². The maximum Gasteiger partial charge on any atom is 0.250 e. The topological polar surface area (TPSA) is 78.5 Å². The molecule has 3 aliphatic heterocycles. The molecule has 170 valence electrons. The summed E-state index contributed by atoms with van der Waals surface area (Å²) in [4.78, 5) is 42.4. The molecular weight excluding hydrogens is 426 g/mol. The molecule has 0 aromatic heterocycles. The molecule has 2 N–H and O–H groups in total. The van der Waals surface area contributed by atoms with Gasteiger partial charge in [0, 0.05) is 23.8 Å². The van der Waals surface area contributed by atoms with E-state index in [1.165, 1.54) is 4.90 Å². The standard InChI is InChI=1S/C28H25N3O3/c32-25-23-22(17-19-11-5-2-6-12-19)30-28(20-13-7-8-14-21(20)29-27(28)34)24(23)26(33)31(25)16-15-18-9-3-1-4-10-18/h1-14,22-24,30H,15-17H2,(H,29,34)/t22-,23-,24+,28-/m1/s1. The summed E-state index contributed by atoms with van der Waals surface area (Å²) >= 11 is 0. The average Bonchev–Trinajstić information content (AvgIpc) is 3.44. The molecule has 0 saturated carbocycles. The molecule has 4 atom stereocenters. The van der Waals surface area contributed by atoms with Gasteiger partial charge in [0.2, 0.25) is 17.7 Å². The van der Waals surface area contributed by atoms with E-state index in [2.05, 4.69) is 10.6 Å². The van der Waals surface area contributed by atoms with Crippen LogP contribution in [0.25, 0.3) is 0 Å². The molecule has 3 aromatic carbocycles. The number of carbonyl (C=O) groups is 3. The second-order valence-corrected chi connectivity index (χ2v) is 9.32. The van der Waals surface area contributed by atoms with Gasteiger partial charge in [-0.2, -0.15) is 0 Å². The largest absolute Gasteiger partial charge is 0.324 e. The number of hydrogen-bond acceptors (Lipinski definition) is 4. The monoisotopic (exact) mass is 451 g/mol. The normalized spacial score (nSPS) is 27.2. The van der Waals surface area contributed by atoms with E-state index in [1.54, 1.807) is 0 Å². The summed E-state index contributed by atoms with van der Waals surface area (Å²) in [6.45, 7) is 0.312.